The molecule has 16 rings (SSSR count). The highest BCUT2D eigenvalue weighted by Crippen LogP contribution is 2.49. The van der Waals surface area contributed by atoms with Gasteiger partial charge in [0.15, 0.2) is 0 Å². The molecule has 72 heavy (non-hydrogen) atoms. The van der Waals surface area contributed by atoms with Crippen molar-refractivity contribution in [3.05, 3.63) is 218 Å². The van der Waals surface area contributed by atoms with Gasteiger partial charge in [0.05, 0.1) is 45.2 Å². The van der Waals surface area contributed by atoms with E-state index in [0.29, 0.717) is 0 Å². The van der Waals surface area contributed by atoms with Crippen LogP contribution >= 0.6 is 12.1 Å². The summed E-state index contributed by atoms with van der Waals surface area (Å²) in [5.41, 5.74) is 14.8. The molecule has 0 fully saturated rings. The smallest absolute Gasteiger partial charge is 0.0817 e. The first-order chi connectivity index (χ1) is 35.6. The summed E-state index contributed by atoms with van der Waals surface area (Å²) in [5.74, 6) is 0. The van der Waals surface area contributed by atoms with E-state index in [1.807, 2.05) is 12.1 Å². The Labute approximate surface area is 418 Å². The zero-order valence-corrected chi connectivity index (χ0v) is 40.5. The highest BCUT2D eigenvalue weighted by molar-refractivity contribution is 7.97. The van der Waals surface area contributed by atoms with E-state index in [2.05, 4.69) is 249 Å². The van der Waals surface area contributed by atoms with Crippen molar-refractivity contribution < 1.29 is 0 Å². The second-order valence-corrected chi connectivity index (χ2v) is 20.5. The number of fused-ring (bicyclic) bond motifs is 22. The van der Waals surface area contributed by atoms with Gasteiger partial charge in [-0.15, -0.1) is 0 Å². The molecule has 0 N–H and O–H groups in total. The highest BCUT2D eigenvalue weighted by Gasteiger charge is 2.26. The molecule has 5 heteroatoms. The minimum absolute atomic E-state index is 0.844. The topological polar surface area (TPSA) is 19.7 Å². The summed E-state index contributed by atoms with van der Waals surface area (Å²) >= 11 is 1.83. The van der Waals surface area contributed by atoms with Gasteiger partial charge in [-0.2, -0.15) is 0 Å². The number of nitrogens with zero attached hydrogens (tertiary/aromatic N) is 4. The van der Waals surface area contributed by atoms with Gasteiger partial charge >= 0.3 is 0 Å². The molecule has 0 aliphatic heterocycles. The lowest BCUT2D eigenvalue weighted by molar-refractivity contribution is 0.829. The summed E-state index contributed by atoms with van der Waals surface area (Å²) in [6, 6.07) is 81.7. The van der Waals surface area contributed by atoms with Gasteiger partial charge in [-0.1, -0.05) is 182 Å². The average molecular weight is 937 g/mol. The molecule has 4 nitrogen and oxygen atoms in total. The largest absolute Gasteiger partial charge is 0.343 e. The van der Waals surface area contributed by atoms with Crippen molar-refractivity contribution in [1.82, 2.24) is 17.1 Å². The summed E-state index contributed by atoms with van der Waals surface area (Å²) in [4.78, 5) is 0. The fourth-order valence-electron chi connectivity index (χ4n) is 12.8. The third-order valence-corrected chi connectivity index (χ3v) is 17.1. The van der Waals surface area contributed by atoms with Crippen LogP contribution in [-0.2, 0) is 13.6 Å². The Hall–Kier alpha value is -8.77. The van der Waals surface area contributed by atoms with Crippen molar-refractivity contribution in [2.24, 2.45) is 7.05 Å². The van der Waals surface area contributed by atoms with Crippen molar-refractivity contribution in [1.29, 1.82) is 0 Å². The van der Waals surface area contributed by atoms with Crippen LogP contribution < -0.4 is 0 Å². The third-order valence-electron chi connectivity index (χ3n) is 16.0. The van der Waals surface area contributed by atoms with Crippen LogP contribution in [0.1, 0.15) is 6.92 Å². The molecular formula is C67H44N4S. The molecule has 0 bridgehead atoms. The standard InChI is InChI=1S/C67H44N4S/c1-3-69-57-35-29-47(41-16-8-5-9-17-41)39-55(57)51-31-23-45-25-33-53-63-49-21-13-11-19-43(49)27-37-59(63)71(67(53)61(45)65(51)69)72-70-58-36-26-42-18-10-12-20-48(42)62(58)52-32-24-44-22-30-50-54-38-46(40-14-6-4-7-15-40)28-34-56(54)68(2)64(50)60(44)66(52)70/h4-39H,3H2,1-2H3. The van der Waals surface area contributed by atoms with Gasteiger partial charge in [-0.05, 0) is 97.9 Å². The number of hydrogen-bond donors (Lipinski definition) is 0. The summed E-state index contributed by atoms with van der Waals surface area (Å²) in [6.07, 6.45) is 0. The van der Waals surface area contributed by atoms with Crippen LogP contribution in [0.5, 0.6) is 0 Å². The molecule has 0 amide bonds. The van der Waals surface area contributed by atoms with Gasteiger partial charge < -0.3 is 9.13 Å². The lowest BCUT2D eigenvalue weighted by Crippen LogP contribution is -1.98. The maximum Gasteiger partial charge on any atom is 0.0817 e. The summed E-state index contributed by atoms with van der Waals surface area (Å²) in [5, 5.41) is 20.2. The highest BCUT2D eigenvalue weighted by atomic mass is 32.2. The Morgan fingerprint density at radius 2 is 0.736 bits per heavy atom. The first-order valence-electron chi connectivity index (χ1n) is 25.0. The van der Waals surface area contributed by atoms with Crippen LogP contribution in [0.2, 0.25) is 0 Å². The maximum atomic E-state index is 2.59. The maximum absolute atomic E-state index is 2.59. The minimum Gasteiger partial charge on any atom is -0.343 e. The Morgan fingerprint density at radius 3 is 1.28 bits per heavy atom. The molecule has 16 aromatic rings. The molecule has 0 aliphatic rings. The lowest BCUT2D eigenvalue weighted by Gasteiger charge is -2.14. The first kappa shape index (κ1) is 40.0. The van der Waals surface area contributed by atoms with E-state index >= 15 is 0 Å². The molecule has 0 saturated carbocycles. The first-order valence-corrected chi connectivity index (χ1v) is 25.8. The van der Waals surface area contributed by atoms with Crippen molar-refractivity contribution in [3.8, 4) is 22.3 Å². The van der Waals surface area contributed by atoms with Gasteiger partial charge in [-0.3, -0.25) is 7.94 Å². The molecule has 0 unspecified atom stereocenters. The second kappa shape index (κ2) is 14.9. The van der Waals surface area contributed by atoms with Gasteiger partial charge in [0.1, 0.15) is 0 Å². The zero-order valence-electron chi connectivity index (χ0n) is 39.7. The molecule has 4 aromatic heterocycles. The minimum atomic E-state index is 0.844. The van der Waals surface area contributed by atoms with E-state index in [-0.39, 0.29) is 0 Å². The van der Waals surface area contributed by atoms with E-state index in [0.717, 1.165) is 6.54 Å². The average Bonchev–Trinajstić information content (AvgIpc) is 4.15. The predicted octanol–water partition coefficient (Wildman–Crippen LogP) is 18.6. The normalized spacial score (nSPS) is 12.4. The summed E-state index contributed by atoms with van der Waals surface area (Å²) < 4.78 is 10.2. The van der Waals surface area contributed by atoms with Crippen LogP contribution in [0.3, 0.4) is 0 Å². The Morgan fingerprint density at radius 1 is 0.306 bits per heavy atom. The number of aromatic nitrogens is 4. The van der Waals surface area contributed by atoms with Crippen molar-refractivity contribution in [3.63, 3.8) is 0 Å². The Kier molecular flexibility index (Phi) is 8.27. The van der Waals surface area contributed by atoms with Gasteiger partial charge in [-0.25, -0.2) is 0 Å². The van der Waals surface area contributed by atoms with Crippen LogP contribution in [0.4, 0.5) is 0 Å². The molecule has 0 radical (unpaired) electrons. The van der Waals surface area contributed by atoms with Crippen LogP contribution in [0, 0.1) is 0 Å². The second-order valence-electron chi connectivity index (χ2n) is 19.6. The van der Waals surface area contributed by atoms with E-state index in [9.17, 15) is 0 Å². The van der Waals surface area contributed by atoms with Crippen LogP contribution in [0.25, 0.3) is 153 Å². The van der Waals surface area contributed by atoms with E-state index in [4.69, 9.17) is 0 Å². The molecule has 12 aromatic carbocycles. The summed E-state index contributed by atoms with van der Waals surface area (Å²) in [6.45, 7) is 3.14. The zero-order chi connectivity index (χ0) is 47.3. The quantitative estimate of drug-likeness (QED) is 0.168. The van der Waals surface area contributed by atoms with Gasteiger partial charge in [0.2, 0.25) is 0 Å². The van der Waals surface area contributed by atoms with Crippen LogP contribution in [-0.4, -0.2) is 17.1 Å². The number of aryl methyl sites for hydroxylation is 2. The predicted molar refractivity (Wildman–Crippen MR) is 311 cm³/mol. The van der Waals surface area contributed by atoms with Gasteiger partial charge in [0, 0.05) is 78.5 Å². The third kappa shape index (κ3) is 5.38. The van der Waals surface area contributed by atoms with E-state index in [1.165, 1.54) is 153 Å². The molecule has 0 saturated heterocycles. The number of rotatable bonds is 5. The summed E-state index contributed by atoms with van der Waals surface area (Å²) in [7, 11) is 2.26. The molecule has 0 spiro atoms. The SMILES string of the molecule is CCn1c2ccc(-c3ccccc3)cc2c2ccc3ccc4c5c6ccccc6ccc5n(Sn5c6ccc7ccccc7c6c6ccc7ccc8c9cc(-c%10ccccc%10)ccc9n(C)c8c7c65)c4c3c21. The number of benzene rings is 12. The van der Waals surface area contributed by atoms with E-state index in [1.54, 1.807) is 0 Å². The van der Waals surface area contributed by atoms with Crippen molar-refractivity contribution in [2.75, 3.05) is 0 Å². The molecule has 338 valence electrons. The molecule has 0 aliphatic carbocycles. The molecular weight excluding hydrogens is 893 g/mol. The fourth-order valence-corrected chi connectivity index (χ4v) is 14.0. The lowest BCUT2D eigenvalue weighted by atomic mass is 9.99. The van der Waals surface area contributed by atoms with E-state index < -0.39 is 0 Å². The Balaban J connectivity index is 1.06. The number of hydrogen-bond acceptors (Lipinski definition) is 1. The fraction of sp³-hybridized carbons (Fsp3) is 0.0448. The van der Waals surface area contributed by atoms with Gasteiger partial charge in [0.25, 0.3) is 0 Å². The van der Waals surface area contributed by atoms with Crippen LogP contribution in [0.15, 0.2) is 218 Å². The Bertz CT molecular complexity index is 4990. The van der Waals surface area contributed by atoms with Crippen molar-refractivity contribution >= 4 is 142 Å². The van der Waals surface area contributed by atoms with Crippen molar-refractivity contribution in [2.45, 2.75) is 13.5 Å². The molecule has 4 heterocycles. The monoisotopic (exact) mass is 936 g/mol. The molecule has 0 atom stereocenters.